The third-order valence-corrected chi connectivity index (χ3v) is 3.68. The SMILES string of the molecule is O=S(=O)(NCCCCO)c1cccc(Cl)c1. The van der Waals surface area contributed by atoms with Crippen molar-refractivity contribution in [2.75, 3.05) is 13.2 Å². The number of unbranched alkanes of at least 4 members (excludes halogenated alkanes) is 1. The lowest BCUT2D eigenvalue weighted by molar-refractivity contribution is 0.285. The molecule has 2 N–H and O–H groups in total. The smallest absolute Gasteiger partial charge is 0.240 e. The summed E-state index contributed by atoms with van der Waals surface area (Å²) in [6.45, 7) is 0.383. The molecule has 6 heteroatoms. The Morgan fingerprint density at radius 3 is 2.69 bits per heavy atom. The molecule has 4 nitrogen and oxygen atoms in total. The van der Waals surface area contributed by atoms with Crippen LogP contribution in [-0.4, -0.2) is 26.7 Å². The second kappa shape index (κ2) is 6.20. The van der Waals surface area contributed by atoms with E-state index in [4.69, 9.17) is 16.7 Å². The molecule has 1 aromatic rings. The minimum atomic E-state index is -3.48. The number of aliphatic hydroxyl groups excluding tert-OH is 1. The van der Waals surface area contributed by atoms with Crippen LogP contribution in [0.3, 0.4) is 0 Å². The Morgan fingerprint density at radius 2 is 2.06 bits per heavy atom. The lowest BCUT2D eigenvalue weighted by Crippen LogP contribution is -2.24. The van der Waals surface area contributed by atoms with Crippen LogP contribution >= 0.6 is 11.6 Å². The van der Waals surface area contributed by atoms with E-state index >= 15 is 0 Å². The summed E-state index contributed by atoms with van der Waals surface area (Å²) in [5.41, 5.74) is 0. The van der Waals surface area contributed by atoms with Crippen molar-refractivity contribution in [3.63, 3.8) is 0 Å². The van der Waals surface area contributed by atoms with Crippen molar-refractivity contribution in [1.82, 2.24) is 4.72 Å². The number of nitrogens with one attached hydrogen (secondary N) is 1. The highest BCUT2D eigenvalue weighted by Gasteiger charge is 2.12. The van der Waals surface area contributed by atoms with Crippen molar-refractivity contribution in [3.05, 3.63) is 29.3 Å². The summed E-state index contributed by atoms with van der Waals surface area (Å²) in [6, 6.07) is 6.09. The first-order valence-corrected chi connectivity index (χ1v) is 6.78. The lowest BCUT2D eigenvalue weighted by Gasteiger charge is -2.06. The van der Waals surface area contributed by atoms with Crippen molar-refractivity contribution in [2.24, 2.45) is 0 Å². The minimum absolute atomic E-state index is 0.0683. The summed E-state index contributed by atoms with van der Waals surface area (Å²) < 4.78 is 25.9. The molecule has 1 rings (SSSR count). The molecular weight excluding hydrogens is 250 g/mol. The van der Waals surface area contributed by atoms with Crippen LogP contribution in [0.25, 0.3) is 0 Å². The maximum atomic E-state index is 11.7. The Balaban J connectivity index is 2.64. The number of benzene rings is 1. The molecule has 0 spiro atoms. The van der Waals surface area contributed by atoms with E-state index in [9.17, 15) is 8.42 Å². The van der Waals surface area contributed by atoms with Gasteiger partial charge in [0.05, 0.1) is 4.90 Å². The van der Waals surface area contributed by atoms with E-state index in [0.29, 0.717) is 24.4 Å². The molecule has 0 heterocycles. The molecule has 90 valence electrons. The summed E-state index contributed by atoms with van der Waals surface area (Å²) in [6.07, 6.45) is 1.19. The predicted molar refractivity (Wildman–Crippen MR) is 63.0 cm³/mol. The normalized spacial score (nSPS) is 11.6. The highest BCUT2D eigenvalue weighted by molar-refractivity contribution is 7.89. The van der Waals surface area contributed by atoms with Gasteiger partial charge in [0, 0.05) is 18.2 Å². The van der Waals surface area contributed by atoms with E-state index in [2.05, 4.69) is 4.72 Å². The van der Waals surface area contributed by atoms with Crippen molar-refractivity contribution < 1.29 is 13.5 Å². The molecule has 0 aliphatic heterocycles. The molecule has 0 aromatic heterocycles. The first-order chi connectivity index (χ1) is 7.56. The fourth-order valence-corrected chi connectivity index (χ4v) is 2.54. The van der Waals surface area contributed by atoms with Gasteiger partial charge in [-0.25, -0.2) is 13.1 Å². The molecule has 0 amide bonds. The van der Waals surface area contributed by atoms with Gasteiger partial charge in [-0.05, 0) is 31.0 Å². The van der Waals surface area contributed by atoms with E-state index < -0.39 is 10.0 Å². The van der Waals surface area contributed by atoms with Crippen molar-refractivity contribution in [3.8, 4) is 0 Å². The summed E-state index contributed by atoms with van der Waals surface area (Å²) in [5.74, 6) is 0. The molecule has 0 atom stereocenters. The first-order valence-electron chi connectivity index (χ1n) is 4.92. The third-order valence-electron chi connectivity index (χ3n) is 1.98. The summed E-state index contributed by atoms with van der Waals surface area (Å²) in [7, 11) is -3.48. The van der Waals surface area contributed by atoms with Crippen molar-refractivity contribution >= 4 is 21.6 Å². The zero-order valence-corrected chi connectivity index (χ0v) is 10.3. The number of hydrogen-bond donors (Lipinski definition) is 2. The third kappa shape index (κ3) is 4.09. The zero-order chi connectivity index (χ0) is 12.0. The van der Waals surface area contributed by atoms with Gasteiger partial charge >= 0.3 is 0 Å². The van der Waals surface area contributed by atoms with Crippen LogP contribution in [0.15, 0.2) is 29.2 Å². The second-order valence-electron chi connectivity index (χ2n) is 3.29. The van der Waals surface area contributed by atoms with Crippen molar-refractivity contribution in [2.45, 2.75) is 17.7 Å². The molecule has 0 fully saturated rings. The van der Waals surface area contributed by atoms with E-state index in [-0.39, 0.29) is 11.5 Å². The van der Waals surface area contributed by atoms with Crippen molar-refractivity contribution in [1.29, 1.82) is 0 Å². The van der Waals surface area contributed by atoms with Crippen LogP contribution < -0.4 is 4.72 Å². The average molecular weight is 264 g/mol. The highest BCUT2D eigenvalue weighted by atomic mass is 35.5. The maximum Gasteiger partial charge on any atom is 0.240 e. The fraction of sp³-hybridized carbons (Fsp3) is 0.400. The molecule has 0 radical (unpaired) electrons. The molecule has 0 bridgehead atoms. The maximum absolute atomic E-state index is 11.7. The predicted octanol–water partition coefficient (Wildman–Crippen LogP) is 1.39. The molecule has 1 aromatic carbocycles. The van der Waals surface area contributed by atoms with Gasteiger partial charge in [0.15, 0.2) is 0 Å². The topological polar surface area (TPSA) is 66.4 Å². The van der Waals surface area contributed by atoms with Gasteiger partial charge in [0.25, 0.3) is 0 Å². The van der Waals surface area contributed by atoms with Crippen LogP contribution in [0, 0.1) is 0 Å². The second-order valence-corrected chi connectivity index (χ2v) is 5.49. The summed E-state index contributed by atoms with van der Waals surface area (Å²) in [4.78, 5) is 0.156. The van der Waals surface area contributed by atoms with Gasteiger partial charge < -0.3 is 5.11 Å². The minimum Gasteiger partial charge on any atom is -0.396 e. The lowest BCUT2D eigenvalue weighted by atomic mass is 10.3. The van der Waals surface area contributed by atoms with Crippen LogP contribution in [0.2, 0.25) is 5.02 Å². The van der Waals surface area contributed by atoms with E-state index in [0.717, 1.165) is 0 Å². The largest absolute Gasteiger partial charge is 0.396 e. The zero-order valence-electron chi connectivity index (χ0n) is 8.69. The van der Waals surface area contributed by atoms with E-state index in [1.54, 1.807) is 12.1 Å². The molecule has 0 saturated heterocycles. The molecule has 0 aliphatic rings. The fourth-order valence-electron chi connectivity index (χ4n) is 1.16. The molecule has 0 saturated carbocycles. The Kier molecular flexibility index (Phi) is 5.21. The van der Waals surface area contributed by atoms with Crippen LogP contribution in [-0.2, 0) is 10.0 Å². The quantitative estimate of drug-likeness (QED) is 0.763. The van der Waals surface area contributed by atoms with Gasteiger partial charge in [-0.2, -0.15) is 0 Å². The van der Waals surface area contributed by atoms with Crippen LogP contribution in [0.5, 0.6) is 0 Å². The molecular formula is C10H14ClNO3S. The average Bonchev–Trinajstić information content (AvgIpc) is 2.24. The van der Waals surface area contributed by atoms with E-state index in [1.165, 1.54) is 12.1 Å². The number of rotatable bonds is 6. The standard InChI is InChI=1S/C10H14ClNO3S/c11-9-4-3-5-10(8-9)16(14,15)12-6-1-2-7-13/h3-5,8,12-13H,1-2,6-7H2. The van der Waals surface area contributed by atoms with Crippen LogP contribution in [0.1, 0.15) is 12.8 Å². The van der Waals surface area contributed by atoms with Gasteiger partial charge in [-0.1, -0.05) is 17.7 Å². The Morgan fingerprint density at radius 1 is 1.31 bits per heavy atom. The van der Waals surface area contributed by atoms with E-state index in [1.807, 2.05) is 0 Å². The van der Waals surface area contributed by atoms with Gasteiger partial charge in [-0.3, -0.25) is 0 Å². The molecule has 0 unspecified atom stereocenters. The Hall–Kier alpha value is -0.620. The van der Waals surface area contributed by atoms with Gasteiger partial charge in [0.1, 0.15) is 0 Å². The van der Waals surface area contributed by atoms with Gasteiger partial charge in [0.2, 0.25) is 10.0 Å². The monoisotopic (exact) mass is 263 g/mol. The van der Waals surface area contributed by atoms with Crippen LogP contribution in [0.4, 0.5) is 0 Å². The number of aliphatic hydroxyl groups is 1. The Labute approximate surface area is 100 Å². The molecule has 0 aliphatic carbocycles. The summed E-state index contributed by atoms with van der Waals surface area (Å²) in [5, 5.41) is 8.94. The summed E-state index contributed by atoms with van der Waals surface area (Å²) >= 11 is 5.71. The number of hydrogen-bond acceptors (Lipinski definition) is 3. The number of halogens is 1. The van der Waals surface area contributed by atoms with Gasteiger partial charge in [-0.15, -0.1) is 0 Å². The first kappa shape index (κ1) is 13.4. The Bertz CT molecular complexity index is 433. The molecule has 16 heavy (non-hydrogen) atoms. The highest BCUT2D eigenvalue weighted by Crippen LogP contribution is 2.14. The number of sulfonamides is 1.